The zero-order valence-electron chi connectivity index (χ0n) is 14.7. The van der Waals surface area contributed by atoms with Crippen molar-refractivity contribution in [1.29, 1.82) is 5.26 Å². The number of hydrogen-bond acceptors (Lipinski definition) is 5. The van der Waals surface area contributed by atoms with Crippen LogP contribution in [-0.2, 0) is 9.53 Å². The zero-order valence-corrected chi connectivity index (χ0v) is 14.7. The van der Waals surface area contributed by atoms with Crippen LogP contribution in [0.25, 0.3) is 0 Å². The minimum atomic E-state index is -0.727. The first-order valence-electron chi connectivity index (χ1n) is 8.34. The standard InChI is InChI=1S/C20H20FNO4.Be.2H/c1-3-4-11-24-20(23)14(2)25-16-6-8-17(9-7-16)26-19-10-5-15(13-22)12-18(19)21;;;/h5-10,12,14H,3-4,11H2,1-2H3;;;. The summed E-state index contributed by atoms with van der Waals surface area (Å²) in [6.45, 7) is 4.01. The van der Waals surface area contributed by atoms with Crippen LogP contribution in [0.2, 0.25) is 0 Å². The molecule has 0 bridgehead atoms. The van der Waals surface area contributed by atoms with Crippen LogP contribution in [-0.4, -0.2) is 28.8 Å². The number of rotatable bonds is 8. The summed E-state index contributed by atoms with van der Waals surface area (Å²) in [4.78, 5) is 11.8. The van der Waals surface area contributed by atoms with Gasteiger partial charge in [-0.05, 0) is 55.8 Å². The molecule has 0 aromatic heterocycles. The van der Waals surface area contributed by atoms with Gasteiger partial charge in [-0.25, -0.2) is 9.18 Å². The van der Waals surface area contributed by atoms with E-state index in [1.165, 1.54) is 12.1 Å². The summed E-state index contributed by atoms with van der Waals surface area (Å²) in [5, 5.41) is 8.74. The van der Waals surface area contributed by atoms with Gasteiger partial charge in [-0.15, -0.1) is 0 Å². The molecule has 5 nitrogen and oxygen atoms in total. The Morgan fingerprint density at radius 1 is 1.19 bits per heavy atom. The summed E-state index contributed by atoms with van der Waals surface area (Å²) < 4.78 is 29.9. The number of carbonyl (C=O) groups excluding carboxylic acids is 1. The van der Waals surface area contributed by atoms with Crippen molar-refractivity contribution in [3.8, 4) is 23.3 Å². The van der Waals surface area contributed by atoms with E-state index in [0.717, 1.165) is 18.9 Å². The summed E-state index contributed by atoms with van der Waals surface area (Å²) in [7, 11) is 0. The molecule has 0 fully saturated rings. The predicted molar refractivity (Wildman–Crippen MR) is 102 cm³/mol. The Morgan fingerprint density at radius 3 is 2.44 bits per heavy atom. The average Bonchev–Trinajstić information content (AvgIpc) is 2.65. The van der Waals surface area contributed by atoms with Gasteiger partial charge in [0.2, 0.25) is 0 Å². The van der Waals surface area contributed by atoms with Crippen LogP contribution >= 0.6 is 0 Å². The number of esters is 1. The molecule has 140 valence electrons. The summed E-state index contributed by atoms with van der Waals surface area (Å²) in [6.07, 6.45) is 1.04. The van der Waals surface area contributed by atoms with Crippen molar-refractivity contribution >= 4 is 16.1 Å². The monoisotopic (exact) mass is 368 g/mol. The van der Waals surface area contributed by atoms with E-state index in [-0.39, 0.29) is 21.4 Å². The average molecular weight is 368 g/mol. The minimum absolute atomic E-state index is 0. The Balaban J connectivity index is 0.00000364. The quantitative estimate of drug-likeness (QED) is 0.404. The SMILES string of the molecule is CCCCOC(=O)C(C)Oc1ccc(Oc2ccc(C#N)cc2F)cc1.[BeH2]. The van der Waals surface area contributed by atoms with Gasteiger partial charge in [-0.2, -0.15) is 5.26 Å². The normalized spacial score (nSPS) is 10.9. The molecule has 0 radical (unpaired) electrons. The molecular formula is C20H22BeFNO4. The first kappa shape index (κ1) is 22.1. The molecule has 0 aliphatic rings. The third kappa shape index (κ3) is 6.73. The van der Waals surface area contributed by atoms with Crippen LogP contribution in [0.15, 0.2) is 42.5 Å². The third-order valence-electron chi connectivity index (χ3n) is 3.50. The van der Waals surface area contributed by atoms with Crippen LogP contribution in [0, 0.1) is 17.1 Å². The Labute approximate surface area is 161 Å². The van der Waals surface area contributed by atoms with E-state index in [9.17, 15) is 9.18 Å². The number of benzene rings is 2. The van der Waals surface area contributed by atoms with E-state index in [1.54, 1.807) is 31.2 Å². The van der Waals surface area contributed by atoms with E-state index >= 15 is 0 Å². The number of nitrogens with zero attached hydrogens (tertiary/aromatic N) is 1. The van der Waals surface area contributed by atoms with Crippen molar-refractivity contribution < 1.29 is 23.4 Å². The van der Waals surface area contributed by atoms with Crippen molar-refractivity contribution in [2.45, 2.75) is 32.8 Å². The molecule has 2 aromatic carbocycles. The molecule has 1 atom stereocenters. The van der Waals surface area contributed by atoms with Crippen molar-refractivity contribution in [3.05, 3.63) is 53.8 Å². The number of carbonyl (C=O) groups is 1. The maximum atomic E-state index is 13.8. The van der Waals surface area contributed by atoms with E-state index in [1.807, 2.05) is 13.0 Å². The maximum absolute atomic E-state index is 13.8. The first-order chi connectivity index (χ1) is 12.5. The second-order valence-electron chi connectivity index (χ2n) is 5.61. The fourth-order valence-electron chi connectivity index (χ4n) is 2.05. The van der Waals surface area contributed by atoms with Crippen LogP contribution < -0.4 is 9.47 Å². The molecule has 0 saturated carbocycles. The van der Waals surface area contributed by atoms with Crippen molar-refractivity contribution in [1.82, 2.24) is 0 Å². The Kier molecular flexibility index (Phi) is 8.98. The van der Waals surface area contributed by atoms with Gasteiger partial charge in [0.05, 0.1) is 18.2 Å². The molecule has 0 aliphatic heterocycles. The van der Waals surface area contributed by atoms with Gasteiger partial charge in [-0.1, -0.05) is 13.3 Å². The topological polar surface area (TPSA) is 68.6 Å². The number of ether oxygens (including phenoxy) is 3. The van der Waals surface area contributed by atoms with Gasteiger partial charge in [-0.3, -0.25) is 0 Å². The fourth-order valence-corrected chi connectivity index (χ4v) is 2.05. The molecule has 0 N–H and O–H groups in total. The number of unbranched alkanes of at least 4 members (excludes halogenated alkanes) is 1. The van der Waals surface area contributed by atoms with Gasteiger partial charge in [0.15, 0.2) is 17.7 Å². The predicted octanol–water partition coefficient (Wildman–Crippen LogP) is 3.68. The fraction of sp³-hybridized carbons (Fsp3) is 0.300. The van der Waals surface area contributed by atoms with Crippen LogP contribution in [0.1, 0.15) is 32.3 Å². The summed E-state index contributed by atoms with van der Waals surface area (Å²) in [5.41, 5.74) is 0.221. The Bertz CT molecular complexity index is 790. The molecule has 0 saturated heterocycles. The molecule has 2 aromatic rings. The van der Waals surface area contributed by atoms with Crippen LogP contribution in [0.4, 0.5) is 4.39 Å². The van der Waals surface area contributed by atoms with E-state index < -0.39 is 17.9 Å². The van der Waals surface area contributed by atoms with Crippen molar-refractivity contribution in [3.63, 3.8) is 0 Å². The van der Waals surface area contributed by atoms with Gasteiger partial charge >= 0.3 is 16.1 Å². The third-order valence-corrected chi connectivity index (χ3v) is 3.50. The molecule has 0 spiro atoms. The zero-order chi connectivity index (χ0) is 18.9. The number of nitriles is 1. The van der Waals surface area contributed by atoms with E-state index in [2.05, 4.69) is 0 Å². The number of halogens is 1. The van der Waals surface area contributed by atoms with Gasteiger partial charge < -0.3 is 14.2 Å². The summed E-state index contributed by atoms with van der Waals surface area (Å²) in [5.74, 6) is -0.145. The van der Waals surface area contributed by atoms with E-state index in [4.69, 9.17) is 19.5 Å². The second kappa shape index (κ2) is 10.9. The Hall–Kier alpha value is -2.90. The molecule has 1 unspecified atom stereocenters. The molecule has 0 amide bonds. The molecule has 2 rings (SSSR count). The second-order valence-corrected chi connectivity index (χ2v) is 5.61. The van der Waals surface area contributed by atoms with Crippen LogP contribution in [0.5, 0.6) is 17.2 Å². The molecular weight excluding hydrogens is 346 g/mol. The van der Waals surface area contributed by atoms with Gasteiger partial charge in [0.1, 0.15) is 11.5 Å². The number of hydrogen-bond donors (Lipinski definition) is 0. The molecule has 7 heteroatoms. The van der Waals surface area contributed by atoms with Crippen molar-refractivity contribution in [2.75, 3.05) is 6.61 Å². The van der Waals surface area contributed by atoms with Crippen molar-refractivity contribution in [2.24, 2.45) is 0 Å². The van der Waals surface area contributed by atoms with E-state index in [0.29, 0.717) is 18.1 Å². The van der Waals surface area contributed by atoms with Crippen LogP contribution in [0.3, 0.4) is 0 Å². The Morgan fingerprint density at radius 2 is 1.85 bits per heavy atom. The summed E-state index contributed by atoms with van der Waals surface area (Å²) >= 11 is 0. The van der Waals surface area contributed by atoms with Gasteiger partial charge in [0.25, 0.3) is 0 Å². The summed E-state index contributed by atoms with van der Waals surface area (Å²) in [6, 6.07) is 12.3. The molecule has 0 heterocycles. The molecule has 0 aliphatic carbocycles. The molecule has 27 heavy (non-hydrogen) atoms. The first-order valence-corrected chi connectivity index (χ1v) is 8.34. The van der Waals surface area contributed by atoms with Gasteiger partial charge in [0, 0.05) is 0 Å².